The summed E-state index contributed by atoms with van der Waals surface area (Å²) in [5, 5.41) is 9.37. The number of carbonyl (C=O) groups excluding carboxylic acids is 1. The zero-order valence-corrected chi connectivity index (χ0v) is 19.8. The van der Waals surface area contributed by atoms with E-state index in [1.54, 1.807) is 13.1 Å². The molecule has 0 bridgehead atoms. The lowest BCUT2D eigenvalue weighted by Crippen LogP contribution is -2.54. The van der Waals surface area contributed by atoms with E-state index in [-0.39, 0.29) is 41.8 Å². The number of benzene rings is 1. The first-order valence-electron chi connectivity index (χ1n) is 9.23. The van der Waals surface area contributed by atoms with Crippen LogP contribution in [-0.2, 0) is 4.74 Å². The summed E-state index contributed by atoms with van der Waals surface area (Å²) in [5.41, 5.74) is -0.342. The van der Waals surface area contributed by atoms with Crippen LogP contribution in [0.5, 0.6) is 0 Å². The molecule has 2 rings (SSSR count). The van der Waals surface area contributed by atoms with Gasteiger partial charge in [-0.3, -0.25) is 4.99 Å². The van der Waals surface area contributed by atoms with Gasteiger partial charge in [-0.05, 0) is 52.7 Å². The van der Waals surface area contributed by atoms with Crippen LogP contribution < -0.4 is 16.0 Å². The molecule has 2 unspecified atom stereocenters. The molecule has 0 spiro atoms. The fraction of sp³-hybridized carbons (Fsp3) is 0.600. The molecule has 0 aromatic heterocycles. The molecule has 3 N–H and O–H groups in total. The number of nitrogens with zero attached hydrogens (tertiary/aromatic N) is 1. The number of hydrogen-bond acceptors (Lipinski definition) is 3. The summed E-state index contributed by atoms with van der Waals surface area (Å²) in [7, 11) is 1.68. The second-order valence-corrected chi connectivity index (χ2v) is 8.55. The van der Waals surface area contributed by atoms with Crippen molar-refractivity contribution in [3.8, 4) is 0 Å². The van der Waals surface area contributed by atoms with E-state index < -0.39 is 17.2 Å². The number of alkyl carbamates (subject to hydrolysis) is 1. The summed E-state index contributed by atoms with van der Waals surface area (Å²) in [6.45, 7) is 9.73. The molecule has 2 atom stereocenters. The second kappa shape index (κ2) is 9.76. The highest BCUT2D eigenvalue weighted by atomic mass is 127. The van der Waals surface area contributed by atoms with Gasteiger partial charge in [0.1, 0.15) is 11.4 Å². The van der Waals surface area contributed by atoms with E-state index in [0.717, 1.165) is 12.0 Å². The smallest absolute Gasteiger partial charge is 0.408 e. The Morgan fingerprint density at radius 2 is 1.89 bits per heavy atom. The normalized spacial score (nSPS) is 19.3. The lowest BCUT2D eigenvalue weighted by atomic mass is 10.1. The highest BCUT2D eigenvalue weighted by Gasteiger charge is 2.40. The molecule has 8 heteroatoms. The lowest BCUT2D eigenvalue weighted by Gasteiger charge is -2.29. The average molecular weight is 506 g/mol. The topological polar surface area (TPSA) is 74.8 Å². The molecule has 1 aliphatic rings. The van der Waals surface area contributed by atoms with E-state index in [4.69, 9.17) is 4.74 Å². The third-order valence-corrected chi connectivity index (χ3v) is 4.18. The SMILES string of the molecule is CN=C(NCC(C)(C)NC(=O)OC(C)(C)C)NC1CC1c1ccccc1F.I. The Balaban J connectivity index is 0.00000392. The molecule has 1 aromatic rings. The molecule has 1 aliphatic carbocycles. The van der Waals surface area contributed by atoms with Crippen molar-refractivity contribution in [2.45, 2.75) is 64.1 Å². The molecule has 0 aliphatic heterocycles. The minimum absolute atomic E-state index is 0. The predicted molar refractivity (Wildman–Crippen MR) is 121 cm³/mol. The van der Waals surface area contributed by atoms with Crippen LogP contribution >= 0.6 is 24.0 Å². The molecule has 1 aromatic carbocycles. The van der Waals surface area contributed by atoms with Gasteiger partial charge in [0.25, 0.3) is 0 Å². The maximum atomic E-state index is 13.9. The largest absolute Gasteiger partial charge is 0.444 e. The first-order chi connectivity index (χ1) is 12.5. The lowest BCUT2D eigenvalue weighted by molar-refractivity contribution is 0.0474. The van der Waals surface area contributed by atoms with Crippen molar-refractivity contribution in [1.29, 1.82) is 0 Å². The molecule has 0 heterocycles. The molecule has 0 radical (unpaired) electrons. The first-order valence-corrected chi connectivity index (χ1v) is 9.23. The van der Waals surface area contributed by atoms with Gasteiger partial charge in [0, 0.05) is 25.6 Å². The van der Waals surface area contributed by atoms with E-state index >= 15 is 0 Å². The third-order valence-electron chi connectivity index (χ3n) is 4.18. The van der Waals surface area contributed by atoms with Crippen LogP contribution in [-0.4, -0.2) is 42.8 Å². The summed E-state index contributed by atoms with van der Waals surface area (Å²) in [5.74, 6) is 0.605. The van der Waals surface area contributed by atoms with Crippen molar-refractivity contribution in [3.63, 3.8) is 0 Å². The number of ether oxygens (including phenoxy) is 1. The maximum absolute atomic E-state index is 13.9. The molecule has 158 valence electrons. The van der Waals surface area contributed by atoms with Crippen LogP contribution in [0.3, 0.4) is 0 Å². The Labute approximate surface area is 184 Å². The zero-order valence-electron chi connectivity index (χ0n) is 17.4. The zero-order chi connectivity index (χ0) is 20.2. The van der Waals surface area contributed by atoms with Crippen molar-refractivity contribution in [3.05, 3.63) is 35.6 Å². The van der Waals surface area contributed by atoms with Gasteiger partial charge in [-0.15, -0.1) is 24.0 Å². The van der Waals surface area contributed by atoms with Gasteiger partial charge in [-0.25, -0.2) is 9.18 Å². The number of carbonyl (C=O) groups is 1. The van der Waals surface area contributed by atoms with Crippen LogP contribution in [0.4, 0.5) is 9.18 Å². The fourth-order valence-electron chi connectivity index (χ4n) is 2.77. The number of nitrogens with one attached hydrogen (secondary N) is 3. The van der Waals surface area contributed by atoms with E-state index in [0.29, 0.717) is 12.5 Å². The average Bonchev–Trinajstić information content (AvgIpc) is 3.28. The van der Waals surface area contributed by atoms with E-state index in [1.807, 2.05) is 46.8 Å². The predicted octanol–water partition coefficient (Wildman–Crippen LogP) is 3.77. The second-order valence-electron chi connectivity index (χ2n) is 8.55. The van der Waals surface area contributed by atoms with Gasteiger partial charge in [0.05, 0.1) is 5.54 Å². The number of rotatable bonds is 5. The summed E-state index contributed by atoms with van der Waals surface area (Å²) in [6, 6.07) is 7.01. The van der Waals surface area contributed by atoms with Gasteiger partial charge in [-0.2, -0.15) is 0 Å². The summed E-state index contributed by atoms with van der Waals surface area (Å²) in [4.78, 5) is 16.2. The first kappa shape index (κ1) is 24.5. The Bertz CT molecular complexity index is 704. The van der Waals surface area contributed by atoms with Crippen LogP contribution in [0.2, 0.25) is 0 Å². The Hall–Kier alpha value is -1.58. The maximum Gasteiger partial charge on any atom is 0.408 e. The Morgan fingerprint density at radius 3 is 2.46 bits per heavy atom. The van der Waals surface area contributed by atoms with Gasteiger partial charge < -0.3 is 20.7 Å². The van der Waals surface area contributed by atoms with E-state index in [9.17, 15) is 9.18 Å². The third kappa shape index (κ3) is 7.81. The van der Waals surface area contributed by atoms with Crippen molar-refractivity contribution in [2.75, 3.05) is 13.6 Å². The highest BCUT2D eigenvalue weighted by Crippen LogP contribution is 2.41. The number of hydrogen-bond donors (Lipinski definition) is 3. The van der Waals surface area contributed by atoms with Gasteiger partial charge in [-0.1, -0.05) is 18.2 Å². The van der Waals surface area contributed by atoms with Gasteiger partial charge in [0.15, 0.2) is 5.96 Å². The number of guanidine groups is 1. The summed E-state index contributed by atoms with van der Waals surface area (Å²) >= 11 is 0. The van der Waals surface area contributed by atoms with E-state index in [1.165, 1.54) is 6.07 Å². The molecule has 6 nitrogen and oxygen atoms in total. The standard InChI is InChI=1S/C20H31FN4O2.HI/c1-19(2,3)27-18(26)25-20(4,5)12-23-17(22-6)24-16-11-14(16)13-9-7-8-10-15(13)21;/h7-10,14,16H,11-12H2,1-6H3,(H,25,26)(H2,22,23,24);1H. The van der Waals surface area contributed by atoms with Crippen molar-refractivity contribution in [2.24, 2.45) is 4.99 Å². The monoisotopic (exact) mass is 506 g/mol. The quantitative estimate of drug-likeness (QED) is 0.323. The van der Waals surface area contributed by atoms with Crippen molar-refractivity contribution >= 4 is 36.0 Å². The molecule has 0 saturated heterocycles. The highest BCUT2D eigenvalue weighted by molar-refractivity contribution is 14.0. The molecular formula is C20H32FIN4O2. The summed E-state index contributed by atoms with van der Waals surface area (Å²) < 4.78 is 19.2. The minimum Gasteiger partial charge on any atom is -0.444 e. The Kier molecular flexibility index (Phi) is 8.52. The molecule has 1 saturated carbocycles. The van der Waals surface area contributed by atoms with Crippen molar-refractivity contribution < 1.29 is 13.9 Å². The number of aliphatic imine (C=N–C) groups is 1. The van der Waals surface area contributed by atoms with Crippen LogP contribution in [0.15, 0.2) is 29.3 Å². The van der Waals surface area contributed by atoms with Crippen molar-refractivity contribution in [1.82, 2.24) is 16.0 Å². The van der Waals surface area contributed by atoms with Gasteiger partial charge >= 0.3 is 6.09 Å². The number of halogens is 2. The minimum atomic E-state index is -0.543. The fourth-order valence-corrected chi connectivity index (χ4v) is 2.77. The number of amides is 1. The van der Waals surface area contributed by atoms with Crippen LogP contribution in [0, 0.1) is 5.82 Å². The Morgan fingerprint density at radius 1 is 1.25 bits per heavy atom. The summed E-state index contributed by atoms with van der Waals surface area (Å²) in [6.07, 6.45) is 0.403. The van der Waals surface area contributed by atoms with Crippen LogP contribution in [0.1, 0.15) is 52.5 Å². The molecule has 28 heavy (non-hydrogen) atoms. The molecule has 1 amide bonds. The van der Waals surface area contributed by atoms with Crippen LogP contribution in [0.25, 0.3) is 0 Å². The molecule has 1 fully saturated rings. The van der Waals surface area contributed by atoms with E-state index in [2.05, 4.69) is 20.9 Å². The molecular weight excluding hydrogens is 474 g/mol. The van der Waals surface area contributed by atoms with Gasteiger partial charge in [0.2, 0.25) is 0 Å².